The van der Waals surface area contributed by atoms with Crippen LogP contribution in [0.1, 0.15) is 43.4 Å². The van der Waals surface area contributed by atoms with Gasteiger partial charge in [0, 0.05) is 6.42 Å². The van der Waals surface area contributed by atoms with Gasteiger partial charge in [-0.3, -0.25) is 4.79 Å². The summed E-state index contributed by atoms with van der Waals surface area (Å²) in [5.41, 5.74) is 2.19. The van der Waals surface area contributed by atoms with Crippen LogP contribution in [-0.2, 0) is 4.79 Å². The van der Waals surface area contributed by atoms with Crippen LogP contribution >= 0.6 is 0 Å². The fraction of sp³-hybridized carbons (Fsp3) is 0.350. The zero-order valence-electron chi connectivity index (χ0n) is 14.1. The summed E-state index contributed by atoms with van der Waals surface area (Å²) in [6.07, 6.45) is 0.471. The van der Waals surface area contributed by atoms with Crippen molar-refractivity contribution >= 4 is 5.91 Å². The van der Waals surface area contributed by atoms with E-state index in [0.29, 0.717) is 19.6 Å². The van der Waals surface area contributed by atoms with Crippen LogP contribution in [0.3, 0.4) is 0 Å². The van der Waals surface area contributed by atoms with E-state index in [9.17, 15) is 4.79 Å². The summed E-state index contributed by atoms with van der Waals surface area (Å²) in [4.78, 5) is 12.3. The molecule has 0 saturated carbocycles. The summed E-state index contributed by atoms with van der Waals surface area (Å²) in [7, 11) is 0. The Bertz CT molecular complexity index is 699. The molecule has 0 radical (unpaired) electrons. The fourth-order valence-electron chi connectivity index (χ4n) is 2.89. The van der Waals surface area contributed by atoms with Crippen molar-refractivity contribution in [3.8, 4) is 11.5 Å². The molecular formula is C20H23NO3. The summed E-state index contributed by atoms with van der Waals surface area (Å²) in [6.45, 7) is 5.20. The molecule has 126 valence electrons. The highest BCUT2D eigenvalue weighted by molar-refractivity contribution is 5.77. The zero-order chi connectivity index (χ0) is 16.9. The number of carbonyl (C=O) groups excluding carboxylic acids is 1. The minimum absolute atomic E-state index is 0.0498. The fourth-order valence-corrected chi connectivity index (χ4v) is 2.89. The first kappa shape index (κ1) is 16.4. The second-order valence-electron chi connectivity index (χ2n) is 6.21. The van der Waals surface area contributed by atoms with Gasteiger partial charge in [0.1, 0.15) is 13.2 Å². The first-order valence-electron chi connectivity index (χ1n) is 8.37. The number of fused-ring (bicyclic) bond motifs is 1. The van der Waals surface area contributed by atoms with Crippen LogP contribution in [0.4, 0.5) is 0 Å². The average molecular weight is 325 g/mol. The summed E-state index contributed by atoms with van der Waals surface area (Å²) < 4.78 is 11.1. The molecule has 1 N–H and O–H groups in total. The third-order valence-corrected chi connectivity index (χ3v) is 4.30. The van der Waals surface area contributed by atoms with Gasteiger partial charge in [-0.05, 0) is 36.1 Å². The van der Waals surface area contributed by atoms with E-state index in [1.54, 1.807) is 0 Å². The molecule has 0 fully saturated rings. The number of nitrogens with one attached hydrogen (secondary N) is 1. The van der Waals surface area contributed by atoms with E-state index in [4.69, 9.17) is 9.47 Å². The third-order valence-electron chi connectivity index (χ3n) is 4.30. The summed E-state index contributed by atoms with van der Waals surface area (Å²) >= 11 is 0. The molecule has 24 heavy (non-hydrogen) atoms. The van der Waals surface area contributed by atoms with Crippen molar-refractivity contribution < 1.29 is 14.3 Å². The van der Waals surface area contributed by atoms with Crippen molar-refractivity contribution in [3.63, 3.8) is 0 Å². The van der Waals surface area contributed by atoms with Crippen molar-refractivity contribution in [1.29, 1.82) is 0 Å². The number of hydrogen-bond donors (Lipinski definition) is 1. The van der Waals surface area contributed by atoms with E-state index in [2.05, 4.69) is 24.4 Å². The molecule has 4 heteroatoms. The molecule has 1 aliphatic rings. The standard InChI is InChI=1S/C20H23NO3/c1-14(16-6-4-3-5-7-16)12-20(22)21-15(2)17-8-9-18-19(13-17)24-11-10-23-18/h3-9,13-15H,10-12H2,1-2H3,(H,21,22)/t14-,15+/m1/s1. The van der Waals surface area contributed by atoms with E-state index in [-0.39, 0.29) is 17.9 Å². The van der Waals surface area contributed by atoms with Crippen LogP contribution in [0.5, 0.6) is 11.5 Å². The molecule has 2 aromatic rings. The Hall–Kier alpha value is -2.49. The van der Waals surface area contributed by atoms with Gasteiger partial charge in [-0.15, -0.1) is 0 Å². The average Bonchev–Trinajstić information content (AvgIpc) is 2.61. The SMILES string of the molecule is C[C@H](CC(=O)N[C@@H](C)c1ccc2c(c1)OCCO2)c1ccccc1. The Morgan fingerprint density at radius 1 is 1.00 bits per heavy atom. The third kappa shape index (κ3) is 3.88. The molecule has 1 aliphatic heterocycles. The Balaban J connectivity index is 1.60. The van der Waals surface area contributed by atoms with Crippen molar-refractivity contribution in [2.45, 2.75) is 32.2 Å². The number of hydrogen-bond acceptors (Lipinski definition) is 3. The van der Waals surface area contributed by atoms with E-state index in [1.165, 1.54) is 5.56 Å². The minimum Gasteiger partial charge on any atom is -0.486 e. The molecule has 3 rings (SSSR count). The van der Waals surface area contributed by atoms with Crippen LogP contribution in [0.15, 0.2) is 48.5 Å². The molecule has 0 aromatic heterocycles. The second-order valence-corrected chi connectivity index (χ2v) is 6.21. The van der Waals surface area contributed by atoms with Crippen molar-refractivity contribution in [2.75, 3.05) is 13.2 Å². The molecule has 4 nitrogen and oxygen atoms in total. The Morgan fingerprint density at radius 2 is 1.71 bits per heavy atom. The van der Waals surface area contributed by atoms with Crippen LogP contribution in [0, 0.1) is 0 Å². The lowest BCUT2D eigenvalue weighted by molar-refractivity contribution is -0.122. The molecule has 0 saturated heterocycles. The van der Waals surface area contributed by atoms with Gasteiger partial charge in [0.05, 0.1) is 6.04 Å². The smallest absolute Gasteiger partial charge is 0.221 e. The van der Waals surface area contributed by atoms with Gasteiger partial charge in [-0.25, -0.2) is 0 Å². The first-order chi connectivity index (χ1) is 11.6. The molecule has 0 bridgehead atoms. The monoisotopic (exact) mass is 325 g/mol. The predicted octanol–water partition coefficient (Wildman–Crippen LogP) is 3.83. The Kier molecular flexibility index (Phi) is 5.04. The van der Waals surface area contributed by atoms with Gasteiger partial charge < -0.3 is 14.8 Å². The highest BCUT2D eigenvalue weighted by Gasteiger charge is 2.17. The molecule has 1 amide bonds. The quantitative estimate of drug-likeness (QED) is 0.909. The van der Waals surface area contributed by atoms with E-state index < -0.39 is 0 Å². The first-order valence-corrected chi connectivity index (χ1v) is 8.37. The summed E-state index contributed by atoms with van der Waals surface area (Å²) in [5, 5.41) is 3.07. The molecule has 0 aliphatic carbocycles. The topological polar surface area (TPSA) is 47.6 Å². The van der Waals surface area contributed by atoms with E-state index in [1.807, 2.05) is 43.3 Å². The van der Waals surface area contributed by atoms with Crippen molar-refractivity contribution in [2.24, 2.45) is 0 Å². The Morgan fingerprint density at radius 3 is 2.46 bits per heavy atom. The van der Waals surface area contributed by atoms with Crippen LogP contribution < -0.4 is 14.8 Å². The maximum absolute atomic E-state index is 12.3. The minimum atomic E-state index is -0.0729. The molecule has 1 heterocycles. The lowest BCUT2D eigenvalue weighted by atomic mass is 9.97. The summed E-state index contributed by atoms with van der Waals surface area (Å²) in [6, 6.07) is 15.8. The van der Waals surface area contributed by atoms with Crippen LogP contribution in [-0.4, -0.2) is 19.1 Å². The highest BCUT2D eigenvalue weighted by Crippen LogP contribution is 2.32. The van der Waals surface area contributed by atoms with Gasteiger partial charge in [0.2, 0.25) is 5.91 Å². The number of benzene rings is 2. The molecule has 0 unspecified atom stereocenters. The molecule has 2 atom stereocenters. The van der Waals surface area contributed by atoms with Gasteiger partial charge >= 0.3 is 0 Å². The molecule has 0 spiro atoms. The van der Waals surface area contributed by atoms with Gasteiger partial charge in [0.15, 0.2) is 11.5 Å². The number of amides is 1. The number of ether oxygens (including phenoxy) is 2. The lowest BCUT2D eigenvalue weighted by Crippen LogP contribution is -2.27. The van der Waals surface area contributed by atoms with Gasteiger partial charge in [-0.2, -0.15) is 0 Å². The molecule has 2 aromatic carbocycles. The zero-order valence-corrected chi connectivity index (χ0v) is 14.1. The van der Waals surface area contributed by atoms with Crippen molar-refractivity contribution in [3.05, 3.63) is 59.7 Å². The number of carbonyl (C=O) groups is 1. The summed E-state index contributed by atoms with van der Waals surface area (Å²) in [5.74, 6) is 1.76. The number of rotatable bonds is 5. The maximum atomic E-state index is 12.3. The van der Waals surface area contributed by atoms with Crippen molar-refractivity contribution in [1.82, 2.24) is 5.32 Å². The molecular weight excluding hydrogens is 302 g/mol. The van der Waals surface area contributed by atoms with Gasteiger partial charge in [0.25, 0.3) is 0 Å². The van der Waals surface area contributed by atoms with Gasteiger partial charge in [-0.1, -0.05) is 43.3 Å². The predicted molar refractivity (Wildman–Crippen MR) is 93.5 cm³/mol. The van der Waals surface area contributed by atoms with E-state index in [0.717, 1.165) is 17.1 Å². The normalized spacial score (nSPS) is 15.4. The highest BCUT2D eigenvalue weighted by atomic mass is 16.6. The van der Waals surface area contributed by atoms with Crippen LogP contribution in [0.2, 0.25) is 0 Å². The van der Waals surface area contributed by atoms with E-state index >= 15 is 0 Å². The second kappa shape index (κ2) is 7.39. The largest absolute Gasteiger partial charge is 0.486 e. The Labute approximate surface area is 142 Å². The lowest BCUT2D eigenvalue weighted by Gasteiger charge is -2.21. The maximum Gasteiger partial charge on any atom is 0.221 e. The van der Waals surface area contributed by atoms with Crippen LogP contribution in [0.25, 0.3) is 0 Å².